The van der Waals surface area contributed by atoms with Crippen LogP contribution in [0.3, 0.4) is 0 Å². The maximum Gasteiger partial charge on any atom is 0.310 e. The molecule has 1 aromatic heterocycles. The molecule has 0 bridgehead atoms. The highest BCUT2D eigenvalue weighted by molar-refractivity contribution is 7.09. The summed E-state index contributed by atoms with van der Waals surface area (Å²) in [6.45, 7) is 0. The van der Waals surface area contributed by atoms with E-state index in [1.807, 2.05) is 5.38 Å². The minimum Gasteiger partial charge on any atom is -0.481 e. The molecule has 0 spiro atoms. The van der Waals surface area contributed by atoms with Crippen LogP contribution in [0.4, 0.5) is 0 Å². The molecule has 4 heteroatoms. The molecule has 1 aromatic rings. The predicted octanol–water partition coefficient (Wildman–Crippen LogP) is 2.33. The molecular weight excluding hydrogens is 198 g/mol. The normalized spacial score (nSPS) is 19.7. The first kappa shape index (κ1) is 9.65. The highest BCUT2D eigenvalue weighted by Gasteiger charge is 2.41. The van der Waals surface area contributed by atoms with E-state index in [1.165, 1.54) is 0 Å². The zero-order chi connectivity index (χ0) is 10.0. The van der Waals surface area contributed by atoms with Crippen LogP contribution in [0.15, 0.2) is 11.6 Å². The summed E-state index contributed by atoms with van der Waals surface area (Å²) in [6.07, 6.45) is 6.05. The summed E-state index contributed by atoms with van der Waals surface area (Å²) in [5.41, 5.74) is -0.516. The molecule has 1 aliphatic carbocycles. The fourth-order valence-electron chi connectivity index (χ4n) is 2.15. The van der Waals surface area contributed by atoms with Crippen LogP contribution in [-0.2, 0) is 11.2 Å². The van der Waals surface area contributed by atoms with Crippen LogP contribution in [0.25, 0.3) is 0 Å². The van der Waals surface area contributed by atoms with Gasteiger partial charge in [0.05, 0.1) is 10.4 Å². The summed E-state index contributed by atoms with van der Waals surface area (Å²) in [5.74, 6) is -0.648. The maximum absolute atomic E-state index is 11.2. The number of nitrogens with zero attached hydrogens (tertiary/aromatic N) is 1. The van der Waals surface area contributed by atoms with Gasteiger partial charge in [-0.2, -0.15) is 0 Å². The van der Waals surface area contributed by atoms with Crippen molar-refractivity contribution in [1.29, 1.82) is 0 Å². The van der Waals surface area contributed by atoms with Crippen LogP contribution in [-0.4, -0.2) is 16.1 Å². The Morgan fingerprint density at radius 3 is 2.79 bits per heavy atom. The fraction of sp³-hybridized carbons (Fsp3) is 0.600. The first-order valence-corrected chi connectivity index (χ1v) is 5.73. The first-order valence-electron chi connectivity index (χ1n) is 4.85. The lowest BCUT2D eigenvalue weighted by atomic mass is 9.83. The molecule has 1 N–H and O–H groups in total. The highest BCUT2D eigenvalue weighted by atomic mass is 32.1. The van der Waals surface area contributed by atoms with Gasteiger partial charge in [0, 0.05) is 18.0 Å². The Morgan fingerprint density at radius 1 is 1.57 bits per heavy atom. The second kappa shape index (κ2) is 3.69. The molecule has 0 aliphatic heterocycles. The zero-order valence-electron chi connectivity index (χ0n) is 7.90. The van der Waals surface area contributed by atoms with Crippen molar-refractivity contribution in [3.63, 3.8) is 0 Å². The average Bonchev–Trinajstić information content (AvgIpc) is 2.76. The van der Waals surface area contributed by atoms with Crippen molar-refractivity contribution < 1.29 is 9.90 Å². The Labute approximate surface area is 86.8 Å². The number of thiazole rings is 1. The quantitative estimate of drug-likeness (QED) is 0.834. The molecular formula is C10H13NO2S. The highest BCUT2D eigenvalue weighted by Crippen LogP contribution is 2.41. The second-order valence-corrected chi connectivity index (χ2v) is 4.87. The van der Waals surface area contributed by atoms with Gasteiger partial charge in [0.1, 0.15) is 0 Å². The van der Waals surface area contributed by atoms with E-state index in [0.29, 0.717) is 6.42 Å². The summed E-state index contributed by atoms with van der Waals surface area (Å²) >= 11 is 1.55. The Morgan fingerprint density at radius 2 is 2.29 bits per heavy atom. The van der Waals surface area contributed by atoms with Crippen LogP contribution in [0.5, 0.6) is 0 Å². The van der Waals surface area contributed by atoms with Gasteiger partial charge in [-0.25, -0.2) is 4.98 Å². The molecule has 0 amide bonds. The molecule has 0 aromatic carbocycles. The summed E-state index contributed by atoms with van der Waals surface area (Å²) in [6, 6.07) is 0. The third kappa shape index (κ3) is 1.66. The van der Waals surface area contributed by atoms with Crippen molar-refractivity contribution in [2.75, 3.05) is 0 Å². The largest absolute Gasteiger partial charge is 0.481 e. The molecule has 3 nitrogen and oxygen atoms in total. The Bertz CT molecular complexity index is 315. The summed E-state index contributed by atoms with van der Waals surface area (Å²) < 4.78 is 0. The molecule has 0 atom stereocenters. The van der Waals surface area contributed by atoms with E-state index in [9.17, 15) is 9.90 Å². The molecule has 76 valence electrons. The van der Waals surface area contributed by atoms with Crippen LogP contribution in [0.2, 0.25) is 0 Å². The lowest BCUT2D eigenvalue weighted by Crippen LogP contribution is -2.30. The van der Waals surface area contributed by atoms with Gasteiger partial charge in [-0.1, -0.05) is 12.8 Å². The van der Waals surface area contributed by atoms with E-state index in [1.54, 1.807) is 17.5 Å². The van der Waals surface area contributed by atoms with Crippen molar-refractivity contribution in [2.24, 2.45) is 5.41 Å². The van der Waals surface area contributed by atoms with Crippen molar-refractivity contribution in [3.8, 4) is 0 Å². The first-order chi connectivity index (χ1) is 6.73. The SMILES string of the molecule is O=C(O)C1(Cc2nccs2)CCCC1. The van der Waals surface area contributed by atoms with E-state index in [4.69, 9.17) is 0 Å². The summed E-state index contributed by atoms with van der Waals surface area (Å²) in [4.78, 5) is 15.4. The number of aromatic nitrogens is 1. The Balaban J connectivity index is 2.16. The lowest BCUT2D eigenvalue weighted by molar-refractivity contribution is -0.148. The third-order valence-electron chi connectivity index (χ3n) is 2.99. The Hall–Kier alpha value is -0.900. The molecule has 1 fully saturated rings. The van der Waals surface area contributed by atoms with Gasteiger partial charge in [-0.15, -0.1) is 11.3 Å². The predicted molar refractivity (Wildman–Crippen MR) is 54.4 cm³/mol. The molecule has 1 heterocycles. The van der Waals surface area contributed by atoms with Gasteiger partial charge < -0.3 is 5.11 Å². The number of rotatable bonds is 3. The third-order valence-corrected chi connectivity index (χ3v) is 3.77. The number of carbonyl (C=O) groups is 1. The van der Waals surface area contributed by atoms with Crippen molar-refractivity contribution in [1.82, 2.24) is 4.98 Å². The average molecular weight is 211 g/mol. The second-order valence-electron chi connectivity index (χ2n) is 3.90. The fourth-order valence-corrected chi connectivity index (χ4v) is 2.91. The van der Waals surface area contributed by atoms with Crippen LogP contribution in [0.1, 0.15) is 30.7 Å². The van der Waals surface area contributed by atoms with E-state index in [-0.39, 0.29) is 0 Å². The number of aliphatic carboxylic acids is 1. The summed E-state index contributed by atoms with van der Waals surface area (Å²) in [7, 11) is 0. The topological polar surface area (TPSA) is 50.2 Å². The van der Waals surface area contributed by atoms with Gasteiger partial charge in [0.15, 0.2) is 0 Å². The standard InChI is InChI=1S/C10H13NO2S/c12-9(13)10(3-1-2-4-10)7-8-11-5-6-14-8/h5-6H,1-4,7H2,(H,12,13). The van der Waals surface area contributed by atoms with Crippen molar-refractivity contribution in [2.45, 2.75) is 32.1 Å². The van der Waals surface area contributed by atoms with E-state index in [0.717, 1.165) is 30.7 Å². The number of hydrogen-bond donors (Lipinski definition) is 1. The molecule has 2 rings (SSSR count). The van der Waals surface area contributed by atoms with E-state index < -0.39 is 11.4 Å². The van der Waals surface area contributed by atoms with E-state index >= 15 is 0 Å². The minimum absolute atomic E-state index is 0.516. The van der Waals surface area contributed by atoms with Crippen molar-refractivity contribution >= 4 is 17.3 Å². The van der Waals surface area contributed by atoms with Crippen molar-refractivity contribution in [3.05, 3.63) is 16.6 Å². The number of carboxylic acids is 1. The van der Waals surface area contributed by atoms with Crippen LogP contribution >= 0.6 is 11.3 Å². The lowest BCUT2D eigenvalue weighted by Gasteiger charge is -2.21. The van der Waals surface area contributed by atoms with Crippen LogP contribution in [0, 0.1) is 5.41 Å². The monoisotopic (exact) mass is 211 g/mol. The molecule has 1 saturated carbocycles. The number of carboxylic acid groups (broad SMARTS) is 1. The minimum atomic E-state index is -0.648. The van der Waals surface area contributed by atoms with E-state index in [2.05, 4.69) is 4.98 Å². The molecule has 0 unspecified atom stereocenters. The summed E-state index contributed by atoms with van der Waals surface area (Å²) in [5, 5.41) is 12.1. The van der Waals surface area contributed by atoms with Gasteiger partial charge >= 0.3 is 5.97 Å². The molecule has 0 saturated heterocycles. The van der Waals surface area contributed by atoms with Gasteiger partial charge in [0.25, 0.3) is 0 Å². The zero-order valence-corrected chi connectivity index (χ0v) is 8.72. The number of hydrogen-bond acceptors (Lipinski definition) is 3. The van der Waals surface area contributed by atoms with Gasteiger partial charge in [-0.3, -0.25) is 4.79 Å². The van der Waals surface area contributed by atoms with Gasteiger partial charge in [-0.05, 0) is 12.8 Å². The molecule has 14 heavy (non-hydrogen) atoms. The smallest absolute Gasteiger partial charge is 0.310 e. The molecule has 0 radical (unpaired) electrons. The molecule has 1 aliphatic rings. The van der Waals surface area contributed by atoms with Gasteiger partial charge in [0.2, 0.25) is 0 Å². The maximum atomic E-state index is 11.2. The Kier molecular flexibility index (Phi) is 2.54. The van der Waals surface area contributed by atoms with Crippen LogP contribution < -0.4 is 0 Å².